The largest absolute Gasteiger partial charge is 0.486 e. The van der Waals surface area contributed by atoms with Gasteiger partial charge >= 0.3 is 0 Å². The molecule has 2 amide bonds. The number of benzene rings is 2. The Kier molecular flexibility index (Phi) is 3.92. The molecule has 2 unspecified atom stereocenters. The number of rotatable bonds is 2. The lowest BCUT2D eigenvalue weighted by atomic mass is 10.1. The summed E-state index contributed by atoms with van der Waals surface area (Å²) in [7, 11) is 0. The van der Waals surface area contributed by atoms with Gasteiger partial charge in [0.05, 0.1) is 18.8 Å². The molecule has 25 heavy (non-hydrogen) atoms. The van der Waals surface area contributed by atoms with Crippen LogP contribution in [0.25, 0.3) is 0 Å². The third-order valence-electron chi connectivity index (χ3n) is 4.85. The minimum absolute atomic E-state index is 0.0442. The van der Waals surface area contributed by atoms with Crippen molar-refractivity contribution in [1.29, 1.82) is 0 Å². The van der Waals surface area contributed by atoms with Gasteiger partial charge in [-0.05, 0) is 17.7 Å². The number of ether oxygens (including phenoxy) is 1. The summed E-state index contributed by atoms with van der Waals surface area (Å²) < 4.78 is 6.14. The second kappa shape index (κ2) is 6.24. The number of nitrogens with zero attached hydrogens (tertiary/aromatic N) is 2. The van der Waals surface area contributed by atoms with E-state index >= 15 is 0 Å². The average Bonchev–Trinajstić information content (AvgIpc) is 3.05. The number of para-hydroxylation sites is 2. The number of carbonyl (C=O) groups is 2. The van der Waals surface area contributed by atoms with Crippen LogP contribution >= 0.6 is 0 Å². The molecule has 5 nitrogen and oxygen atoms in total. The second-order valence-corrected chi connectivity index (χ2v) is 6.54. The molecule has 2 aromatic rings. The van der Waals surface area contributed by atoms with Gasteiger partial charge in [-0.3, -0.25) is 9.59 Å². The Morgan fingerprint density at radius 1 is 1.12 bits per heavy atom. The zero-order valence-corrected chi connectivity index (χ0v) is 14.1. The maximum absolute atomic E-state index is 13.3. The van der Waals surface area contributed by atoms with Crippen molar-refractivity contribution in [2.45, 2.75) is 32.0 Å². The lowest BCUT2D eigenvalue weighted by Gasteiger charge is -2.31. The minimum Gasteiger partial charge on any atom is -0.486 e. The molecule has 2 bridgehead atoms. The fourth-order valence-corrected chi connectivity index (χ4v) is 3.65. The summed E-state index contributed by atoms with van der Waals surface area (Å²) in [4.78, 5) is 28.7. The van der Waals surface area contributed by atoms with Gasteiger partial charge in [0.1, 0.15) is 17.9 Å². The van der Waals surface area contributed by atoms with Crippen LogP contribution in [0.2, 0.25) is 0 Å². The third-order valence-corrected chi connectivity index (χ3v) is 4.85. The highest BCUT2D eigenvalue weighted by Crippen LogP contribution is 2.36. The normalized spacial score (nSPS) is 22.0. The Labute approximate surface area is 146 Å². The molecule has 1 fully saturated rings. The highest BCUT2D eigenvalue weighted by molar-refractivity contribution is 6.00. The molecule has 0 N–H and O–H groups in total. The molecule has 5 heteroatoms. The van der Waals surface area contributed by atoms with Crippen LogP contribution in [0.3, 0.4) is 0 Å². The summed E-state index contributed by atoms with van der Waals surface area (Å²) in [5, 5.41) is 0. The Balaban J connectivity index is 1.76. The molecule has 0 aliphatic carbocycles. The van der Waals surface area contributed by atoms with Crippen LogP contribution in [-0.4, -0.2) is 35.4 Å². The van der Waals surface area contributed by atoms with Crippen LogP contribution < -0.4 is 9.64 Å². The fraction of sp³-hybridized carbons (Fsp3) is 0.300. The third kappa shape index (κ3) is 2.86. The van der Waals surface area contributed by atoms with E-state index in [1.807, 2.05) is 54.6 Å². The van der Waals surface area contributed by atoms with Gasteiger partial charge in [-0.15, -0.1) is 0 Å². The predicted octanol–water partition coefficient (Wildman–Crippen LogP) is 2.60. The van der Waals surface area contributed by atoms with E-state index in [4.69, 9.17) is 4.74 Å². The summed E-state index contributed by atoms with van der Waals surface area (Å²) in [5.74, 6) is 0.563. The van der Waals surface area contributed by atoms with Crippen LogP contribution in [0.1, 0.15) is 18.9 Å². The molecule has 2 heterocycles. The molecule has 0 radical (unpaired) electrons. The number of amides is 2. The Bertz CT molecular complexity index is 806. The SMILES string of the molecule is CC(=O)N1CC2CC1C(=O)N(Cc1ccccc1)c1ccccc1O2. The van der Waals surface area contributed by atoms with Crippen molar-refractivity contribution < 1.29 is 14.3 Å². The van der Waals surface area contributed by atoms with Crippen molar-refractivity contribution in [1.82, 2.24) is 4.90 Å². The van der Waals surface area contributed by atoms with Gasteiger partial charge in [-0.25, -0.2) is 0 Å². The summed E-state index contributed by atoms with van der Waals surface area (Å²) in [6.45, 7) is 2.42. The molecule has 1 saturated heterocycles. The fourth-order valence-electron chi connectivity index (χ4n) is 3.65. The first kappa shape index (κ1) is 15.7. The maximum atomic E-state index is 13.3. The topological polar surface area (TPSA) is 49.9 Å². The smallest absolute Gasteiger partial charge is 0.250 e. The number of hydrogen-bond donors (Lipinski definition) is 0. The van der Waals surface area contributed by atoms with Crippen molar-refractivity contribution in [3.8, 4) is 5.75 Å². The molecular weight excluding hydrogens is 316 g/mol. The van der Waals surface area contributed by atoms with E-state index in [0.717, 1.165) is 11.3 Å². The van der Waals surface area contributed by atoms with E-state index in [-0.39, 0.29) is 17.9 Å². The second-order valence-electron chi connectivity index (χ2n) is 6.54. The standard InChI is InChI=1S/C20H20N2O3/c1-14(23)21-13-16-11-18(21)20(24)22(12-15-7-3-2-4-8-15)17-9-5-6-10-19(17)25-16/h2-10,16,18H,11-13H2,1H3. The molecule has 2 atom stereocenters. The molecule has 128 valence electrons. The highest BCUT2D eigenvalue weighted by atomic mass is 16.5. The first-order valence-corrected chi connectivity index (χ1v) is 8.51. The Morgan fingerprint density at radius 2 is 1.84 bits per heavy atom. The maximum Gasteiger partial charge on any atom is 0.250 e. The zero-order valence-electron chi connectivity index (χ0n) is 14.1. The van der Waals surface area contributed by atoms with E-state index in [0.29, 0.717) is 25.3 Å². The molecule has 2 aliphatic rings. The van der Waals surface area contributed by atoms with Crippen molar-refractivity contribution >= 4 is 17.5 Å². The van der Waals surface area contributed by atoms with Crippen molar-refractivity contribution in [3.63, 3.8) is 0 Å². The molecule has 0 saturated carbocycles. The molecule has 0 aromatic heterocycles. The van der Waals surface area contributed by atoms with E-state index in [1.165, 1.54) is 6.92 Å². The predicted molar refractivity (Wildman–Crippen MR) is 94.3 cm³/mol. The van der Waals surface area contributed by atoms with Crippen molar-refractivity contribution in [2.24, 2.45) is 0 Å². The molecule has 2 aliphatic heterocycles. The van der Waals surface area contributed by atoms with Gasteiger partial charge in [0.2, 0.25) is 11.8 Å². The summed E-state index contributed by atoms with van der Waals surface area (Å²) in [5.41, 5.74) is 1.80. The van der Waals surface area contributed by atoms with Gasteiger partial charge in [-0.2, -0.15) is 0 Å². The van der Waals surface area contributed by atoms with Crippen LogP contribution in [-0.2, 0) is 16.1 Å². The summed E-state index contributed by atoms with van der Waals surface area (Å²) in [6, 6.07) is 17.0. The highest BCUT2D eigenvalue weighted by Gasteiger charge is 2.43. The monoisotopic (exact) mass is 336 g/mol. The molecular formula is C20H20N2O3. The van der Waals surface area contributed by atoms with E-state index < -0.39 is 6.04 Å². The van der Waals surface area contributed by atoms with Gasteiger partial charge in [0.15, 0.2) is 0 Å². The zero-order chi connectivity index (χ0) is 17.4. The van der Waals surface area contributed by atoms with Gasteiger partial charge < -0.3 is 14.5 Å². The van der Waals surface area contributed by atoms with Crippen LogP contribution in [0.4, 0.5) is 5.69 Å². The molecule has 2 aromatic carbocycles. The number of anilines is 1. The lowest BCUT2D eigenvalue weighted by Crippen LogP contribution is -2.47. The van der Waals surface area contributed by atoms with Crippen LogP contribution in [0.15, 0.2) is 54.6 Å². The Hall–Kier alpha value is -2.82. The first-order chi connectivity index (χ1) is 12.1. The van der Waals surface area contributed by atoms with Gasteiger partial charge in [-0.1, -0.05) is 42.5 Å². The Morgan fingerprint density at radius 3 is 2.60 bits per heavy atom. The minimum atomic E-state index is -0.459. The molecule has 0 spiro atoms. The van der Waals surface area contributed by atoms with Gasteiger partial charge in [0, 0.05) is 13.3 Å². The van der Waals surface area contributed by atoms with Crippen molar-refractivity contribution in [3.05, 3.63) is 60.2 Å². The average molecular weight is 336 g/mol. The quantitative estimate of drug-likeness (QED) is 0.847. The van der Waals surface area contributed by atoms with E-state index in [9.17, 15) is 9.59 Å². The van der Waals surface area contributed by atoms with E-state index in [2.05, 4.69) is 0 Å². The van der Waals surface area contributed by atoms with Crippen molar-refractivity contribution in [2.75, 3.05) is 11.4 Å². The lowest BCUT2D eigenvalue weighted by molar-refractivity contribution is -0.135. The number of carbonyl (C=O) groups excluding carboxylic acids is 2. The summed E-state index contributed by atoms with van der Waals surface area (Å²) >= 11 is 0. The number of hydrogen-bond acceptors (Lipinski definition) is 3. The number of likely N-dealkylation sites (tertiary alicyclic amines) is 1. The van der Waals surface area contributed by atoms with Crippen LogP contribution in [0, 0.1) is 0 Å². The van der Waals surface area contributed by atoms with Gasteiger partial charge in [0.25, 0.3) is 0 Å². The van der Waals surface area contributed by atoms with E-state index in [1.54, 1.807) is 9.80 Å². The van der Waals surface area contributed by atoms with Crippen LogP contribution in [0.5, 0.6) is 5.75 Å². The molecule has 4 rings (SSSR count). The first-order valence-electron chi connectivity index (χ1n) is 8.51. The number of fused-ring (bicyclic) bond motifs is 3. The summed E-state index contributed by atoms with van der Waals surface area (Å²) in [6.07, 6.45) is 0.399.